The van der Waals surface area contributed by atoms with E-state index in [9.17, 15) is 4.79 Å². The smallest absolute Gasteiger partial charge is 0.374 e. The largest absolute Gasteiger partial charge is 0.500 e. The van der Waals surface area contributed by atoms with Crippen molar-refractivity contribution in [3.05, 3.63) is 65.7 Å². The van der Waals surface area contributed by atoms with Gasteiger partial charge in [-0.3, -0.25) is 4.79 Å². The van der Waals surface area contributed by atoms with Gasteiger partial charge in [-0.2, -0.15) is 0 Å². The summed E-state index contributed by atoms with van der Waals surface area (Å²) in [5, 5.41) is 0. The molecule has 0 N–H and O–H groups in total. The van der Waals surface area contributed by atoms with Gasteiger partial charge in [-0.25, -0.2) is 0 Å². The molecule has 2 aromatic rings. The van der Waals surface area contributed by atoms with Crippen molar-refractivity contribution in [1.29, 1.82) is 0 Å². The molecule has 9 heteroatoms. The quantitative estimate of drug-likeness (QED) is 0.0994. The van der Waals surface area contributed by atoms with Crippen LogP contribution in [0.4, 0.5) is 0 Å². The predicted octanol–water partition coefficient (Wildman–Crippen LogP) is 7.39. The van der Waals surface area contributed by atoms with Crippen LogP contribution >= 0.6 is 41.2 Å². The second-order valence-corrected chi connectivity index (χ2v) is 15.0. The zero-order valence-electron chi connectivity index (χ0n) is 18.2. The first-order chi connectivity index (χ1) is 15.2. The van der Waals surface area contributed by atoms with Crippen LogP contribution < -0.4 is 0 Å². The van der Waals surface area contributed by atoms with Crippen molar-refractivity contribution in [3.63, 3.8) is 0 Å². The Morgan fingerprint density at radius 3 is 2.10 bits per heavy atom. The fourth-order valence-electron chi connectivity index (χ4n) is 2.92. The molecule has 0 unspecified atom stereocenters. The third-order valence-corrected chi connectivity index (χ3v) is 13.7. The Labute approximate surface area is 202 Å². The number of hydrogen-bond acceptors (Lipinski definition) is 8. The highest BCUT2D eigenvalue weighted by molar-refractivity contribution is 9.26. The molecule has 0 saturated carbocycles. The maximum Gasteiger partial charge on any atom is 0.500 e. The number of hydrogen-bond donors (Lipinski definition) is 0. The summed E-state index contributed by atoms with van der Waals surface area (Å²) < 4.78 is 17.7. The number of ketones is 1. The van der Waals surface area contributed by atoms with Crippen LogP contribution in [0.15, 0.2) is 59.5 Å². The van der Waals surface area contributed by atoms with E-state index in [1.165, 1.54) is 0 Å². The van der Waals surface area contributed by atoms with Gasteiger partial charge in [0.05, 0.1) is 0 Å². The molecule has 0 aliphatic heterocycles. The van der Waals surface area contributed by atoms with Crippen molar-refractivity contribution in [2.24, 2.45) is 0 Å². The molecule has 0 atom stereocenters. The molecule has 0 heterocycles. The molecule has 31 heavy (non-hydrogen) atoms. The Bertz CT molecular complexity index is 762. The molecule has 0 radical (unpaired) electrons. The molecule has 0 aliphatic carbocycles. The van der Waals surface area contributed by atoms with Crippen LogP contribution in [0.2, 0.25) is 6.04 Å². The molecule has 0 aliphatic rings. The molecular weight excluding hydrogens is 485 g/mol. The lowest BCUT2D eigenvalue weighted by molar-refractivity contribution is 0.0712. The SMILES string of the molecule is CCO[Si](CCCSSSSc1ccccc1C(=O)c1ccccc1)(OCC)OCC. The summed E-state index contributed by atoms with van der Waals surface area (Å²) >= 11 is 0. The molecule has 0 bridgehead atoms. The zero-order valence-corrected chi connectivity index (χ0v) is 22.5. The van der Waals surface area contributed by atoms with E-state index in [1.54, 1.807) is 30.4 Å². The highest BCUT2D eigenvalue weighted by Gasteiger charge is 2.39. The van der Waals surface area contributed by atoms with E-state index >= 15 is 0 Å². The molecule has 0 fully saturated rings. The van der Waals surface area contributed by atoms with Crippen molar-refractivity contribution in [2.45, 2.75) is 38.1 Å². The van der Waals surface area contributed by atoms with Crippen molar-refractivity contribution in [2.75, 3.05) is 25.6 Å². The third-order valence-electron chi connectivity index (χ3n) is 4.17. The van der Waals surface area contributed by atoms with Crippen LogP contribution in [-0.4, -0.2) is 40.2 Å². The lowest BCUT2D eigenvalue weighted by Gasteiger charge is -2.28. The molecule has 0 aromatic heterocycles. The van der Waals surface area contributed by atoms with Crippen LogP contribution in [-0.2, 0) is 13.3 Å². The summed E-state index contributed by atoms with van der Waals surface area (Å²) in [6.45, 7) is 7.79. The van der Waals surface area contributed by atoms with Crippen molar-refractivity contribution in [3.8, 4) is 0 Å². The minimum Gasteiger partial charge on any atom is -0.374 e. The molecule has 0 spiro atoms. The monoisotopic (exact) mass is 514 g/mol. The second-order valence-electron chi connectivity index (χ2n) is 6.32. The molecule has 0 saturated heterocycles. The van der Waals surface area contributed by atoms with E-state index in [1.807, 2.05) is 86.2 Å². The van der Waals surface area contributed by atoms with Gasteiger partial charge in [-0.05, 0) is 69.8 Å². The number of carbonyl (C=O) groups is 1. The van der Waals surface area contributed by atoms with Gasteiger partial charge < -0.3 is 13.3 Å². The molecule has 4 nitrogen and oxygen atoms in total. The maximum absolute atomic E-state index is 12.8. The van der Waals surface area contributed by atoms with E-state index in [-0.39, 0.29) is 5.78 Å². The third kappa shape index (κ3) is 9.17. The number of benzene rings is 2. The van der Waals surface area contributed by atoms with Crippen LogP contribution in [0.1, 0.15) is 43.1 Å². The van der Waals surface area contributed by atoms with Gasteiger partial charge in [0.15, 0.2) is 5.78 Å². The van der Waals surface area contributed by atoms with E-state index in [0.29, 0.717) is 25.4 Å². The summed E-state index contributed by atoms with van der Waals surface area (Å²) in [7, 11) is 4.31. The van der Waals surface area contributed by atoms with Gasteiger partial charge in [0.1, 0.15) is 0 Å². The van der Waals surface area contributed by atoms with Gasteiger partial charge in [0.2, 0.25) is 0 Å². The second kappa shape index (κ2) is 15.4. The van der Waals surface area contributed by atoms with E-state index < -0.39 is 8.80 Å². The van der Waals surface area contributed by atoms with E-state index in [2.05, 4.69) is 0 Å². The molecule has 2 aromatic carbocycles. The summed E-state index contributed by atoms with van der Waals surface area (Å²) in [6.07, 6.45) is 0.984. The van der Waals surface area contributed by atoms with Gasteiger partial charge in [0, 0.05) is 47.6 Å². The van der Waals surface area contributed by atoms with Gasteiger partial charge >= 0.3 is 8.80 Å². The maximum atomic E-state index is 12.8. The summed E-state index contributed by atoms with van der Waals surface area (Å²) in [6, 6.07) is 18.1. The van der Waals surface area contributed by atoms with E-state index in [0.717, 1.165) is 28.7 Å². The number of carbonyl (C=O) groups excluding carboxylic acids is 1. The fourth-order valence-corrected chi connectivity index (χ4v) is 11.7. The molecule has 170 valence electrons. The highest BCUT2D eigenvalue weighted by Crippen LogP contribution is 2.47. The topological polar surface area (TPSA) is 44.8 Å². The van der Waals surface area contributed by atoms with Crippen LogP contribution in [0.5, 0.6) is 0 Å². The minimum absolute atomic E-state index is 0.0611. The van der Waals surface area contributed by atoms with Gasteiger partial charge in [0.25, 0.3) is 0 Å². The lowest BCUT2D eigenvalue weighted by Crippen LogP contribution is -2.46. The normalized spacial score (nSPS) is 11.6. The van der Waals surface area contributed by atoms with Crippen molar-refractivity contribution >= 4 is 55.8 Å². The summed E-state index contributed by atoms with van der Waals surface area (Å²) in [4.78, 5) is 13.8. The van der Waals surface area contributed by atoms with Gasteiger partial charge in [-0.1, -0.05) is 53.3 Å². The summed E-state index contributed by atoms with van der Waals surface area (Å²) in [5.41, 5.74) is 1.46. The van der Waals surface area contributed by atoms with Gasteiger partial charge in [-0.15, -0.1) is 0 Å². The lowest BCUT2D eigenvalue weighted by atomic mass is 10.0. The van der Waals surface area contributed by atoms with Crippen LogP contribution in [0.25, 0.3) is 0 Å². The Hall–Kier alpha value is -0.393. The Kier molecular flexibility index (Phi) is 13.4. The average molecular weight is 515 g/mol. The predicted molar refractivity (Wildman–Crippen MR) is 140 cm³/mol. The standard InChI is InChI=1S/C22H30O4S4Si/c1-4-24-31(25-5-2,26-6-3)18-12-17-27-29-30-28-21-16-11-10-15-20(21)22(23)19-13-8-7-9-14-19/h7-11,13-16H,4-6,12,17-18H2,1-3H3. The minimum atomic E-state index is -2.54. The first-order valence-corrected chi connectivity index (χ1v) is 17.3. The van der Waals surface area contributed by atoms with Crippen LogP contribution in [0.3, 0.4) is 0 Å². The summed E-state index contributed by atoms with van der Waals surface area (Å²) in [5.74, 6) is 1.05. The van der Waals surface area contributed by atoms with E-state index in [4.69, 9.17) is 13.3 Å². The molecule has 2 rings (SSSR count). The Balaban J connectivity index is 1.78. The molecule has 0 amide bonds. The van der Waals surface area contributed by atoms with Crippen molar-refractivity contribution in [1.82, 2.24) is 0 Å². The molecular formula is C22H30O4S4Si. The first-order valence-electron chi connectivity index (χ1n) is 10.4. The van der Waals surface area contributed by atoms with Crippen LogP contribution in [0, 0.1) is 0 Å². The fraction of sp³-hybridized carbons (Fsp3) is 0.409. The Morgan fingerprint density at radius 1 is 0.839 bits per heavy atom. The number of rotatable bonds is 16. The average Bonchev–Trinajstić information content (AvgIpc) is 2.79. The van der Waals surface area contributed by atoms with Crippen molar-refractivity contribution < 1.29 is 18.1 Å². The Morgan fingerprint density at radius 2 is 1.45 bits per heavy atom. The highest BCUT2D eigenvalue weighted by atomic mass is 33.7. The zero-order chi connectivity index (χ0) is 22.4. The first kappa shape index (κ1) is 26.9.